The van der Waals surface area contributed by atoms with Crippen LogP contribution < -0.4 is 0 Å². The Morgan fingerprint density at radius 1 is 1.67 bits per heavy atom. The lowest BCUT2D eigenvalue weighted by Gasteiger charge is -2.31. The van der Waals surface area contributed by atoms with Gasteiger partial charge in [0.15, 0.2) is 0 Å². The van der Waals surface area contributed by atoms with Crippen LogP contribution in [0.5, 0.6) is 0 Å². The first-order chi connectivity index (χ1) is 7.20. The lowest BCUT2D eigenvalue weighted by Crippen LogP contribution is -2.39. The number of hydrogen-bond acceptors (Lipinski definition) is 3. The van der Waals surface area contributed by atoms with Crippen molar-refractivity contribution in [3.8, 4) is 0 Å². The molecule has 0 aliphatic carbocycles. The van der Waals surface area contributed by atoms with Crippen LogP contribution in [-0.2, 0) is 18.2 Å². The molecule has 0 bridgehead atoms. The summed E-state index contributed by atoms with van der Waals surface area (Å²) in [4.78, 5) is 4.24. The minimum Gasteiger partial charge on any atom is -0.387 e. The summed E-state index contributed by atoms with van der Waals surface area (Å²) in [6.07, 6.45) is 7.06. The summed E-state index contributed by atoms with van der Waals surface area (Å²) < 4.78 is 7.30. The van der Waals surface area contributed by atoms with E-state index in [0.29, 0.717) is 6.61 Å². The first kappa shape index (κ1) is 10.6. The summed E-state index contributed by atoms with van der Waals surface area (Å²) in [6, 6.07) is 0. The molecular weight excluding hydrogens is 192 g/mol. The van der Waals surface area contributed by atoms with E-state index in [1.165, 1.54) is 0 Å². The second-order valence-corrected chi connectivity index (χ2v) is 4.33. The van der Waals surface area contributed by atoms with Crippen LogP contribution in [0.2, 0.25) is 0 Å². The average molecular weight is 210 g/mol. The van der Waals surface area contributed by atoms with Crippen LogP contribution >= 0.6 is 0 Å². The number of rotatable bonds is 3. The van der Waals surface area contributed by atoms with Gasteiger partial charge in [-0.25, -0.2) is 4.98 Å². The SMILES string of the molecule is Cn1ccnc1CCC1(O)CCCOC1. The predicted molar refractivity (Wildman–Crippen MR) is 56.5 cm³/mol. The Morgan fingerprint density at radius 2 is 2.53 bits per heavy atom. The third kappa shape index (κ3) is 2.58. The van der Waals surface area contributed by atoms with Gasteiger partial charge in [-0.05, 0) is 19.3 Å². The molecular formula is C11H18N2O2. The monoisotopic (exact) mass is 210 g/mol. The number of ether oxygens (including phenoxy) is 1. The molecule has 0 aromatic carbocycles. The molecule has 15 heavy (non-hydrogen) atoms. The van der Waals surface area contributed by atoms with E-state index in [2.05, 4.69) is 4.98 Å². The van der Waals surface area contributed by atoms with E-state index in [-0.39, 0.29) is 0 Å². The van der Waals surface area contributed by atoms with E-state index in [4.69, 9.17) is 4.74 Å². The molecule has 4 nitrogen and oxygen atoms in total. The highest BCUT2D eigenvalue weighted by Gasteiger charge is 2.29. The number of aromatic nitrogens is 2. The molecule has 4 heteroatoms. The van der Waals surface area contributed by atoms with Crippen molar-refractivity contribution < 1.29 is 9.84 Å². The van der Waals surface area contributed by atoms with Crippen molar-refractivity contribution >= 4 is 0 Å². The lowest BCUT2D eigenvalue weighted by atomic mass is 9.91. The van der Waals surface area contributed by atoms with Crippen LogP contribution in [0.1, 0.15) is 25.1 Å². The van der Waals surface area contributed by atoms with Crippen LogP contribution in [0.15, 0.2) is 12.4 Å². The van der Waals surface area contributed by atoms with Gasteiger partial charge in [0.1, 0.15) is 5.82 Å². The molecule has 1 aliphatic rings. The molecule has 1 aromatic rings. The fraction of sp³-hybridized carbons (Fsp3) is 0.727. The number of nitrogens with zero attached hydrogens (tertiary/aromatic N) is 2. The van der Waals surface area contributed by atoms with Crippen molar-refractivity contribution in [1.29, 1.82) is 0 Å². The summed E-state index contributed by atoms with van der Waals surface area (Å²) in [7, 11) is 1.98. The molecule has 2 rings (SSSR count). The van der Waals surface area contributed by atoms with E-state index in [1.54, 1.807) is 6.20 Å². The molecule has 1 atom stereocenters. The summed E-state index contributed by atoms with van der Waals surface area (Å²) in [6.45, 7) is 1.25. The Balaban J connectivity index is 1.89. The zero-order valence-corrected chi connectivity index (χ0v) is 9.15. The highest BCUT2D eigenvalue weighted by Crippen LogP contribution is 2.23. The highest BCUT2D eigenvalue weighted by atomic mass is 16.5. The van der Waals surface area contributed by atoms with E-state index in [1.807, 2.05) is 17.8 Å². The Hall–Kier alpha value is -0.870. The van der Waals surface area contributed by atoms with Crippen LogP contribution in [0, 0.1) is 0 Å². The van der Waals surface area contributed by atoms with Gasteiger partial charge in [-0.2, -0.15) is 0 Å². The molecule has 1 aliphatic heterocycles. The Labute approximate surface area is 89.9 Å². The summed E-state index contributed by atoms with van der Waals surface area (Å²) >= 11 is 0. The molecule has 84 valence electrons. The fourth-order valence-corrected chi connectivity index (χ4v) is 2.02. The van der Waals surface area contributed by atoms with Gasteiger partial charge in [0.25, 0.3) is 0 Å². The average Bonchev–Trinajstić information content (AvgIpc) is 2.62. The third-order valence-corrected chi connectivity index (χ3v) is 3.04. The van der Waals surface area contributed by atoms with Gasteiger partial charge in [0.2, 0.25) is 0 Å². The number of aliphatic hydroxyl groups is 1. The number of hydrogen-bond donors (Lipinski definition) is 1. The molecule has 2 heterocycles. The first-order valence-corrected chi connectivity index (χ1v) is 5.46. The molecule has 0 saturated carbocycles. The van der Waals surface area contributed by atoms with Gasteiger partial charge in [-0.1, -0.05) is 0 Å². The largest absolute Gasteiger partial charge is 0.387 e. The second kappa shape index (κ2) is 4.33. The molecule has 1 fully saturated rings. The lowest BCUT2D eigenvalue weighted by molar-refractivity contribution is -0.0896. The van der Waals surface area contributed by atoms with Crippen molar-refractivity contribution in [3.05, 3.63) is 18.2 Å². The highest BCUT2D eigenvalue weighted by molar-refractivity contribution is 4.94. The van der Waals surface area contributed by atoms with Crippen molar-refractivity contribution in [2.45, 2.75) is 31.3 Å². The van der Waals surface area contributed by atoms with Gasteiger partial charge in [0, 0.05) is 32.5 Å². The maximum Gasteiger partial charge on any atom is 0.108 e. The van der Waals surface area contributed by atoms with Crippen molar-refractivity contribution in [2.75, 3.05) is 13.2 Å². The molecule has 1 saturated heterocycles. The maximum atomic E-state index is 10.2. The smallest absolute Gasteiger partial charge is 0.108 e. The molecule has 0 radical (unpaired) electrons. The van der Waals surface area contributed by atoms with Crippen LogP contribution in [0.3, 0.4) is 0 Å². The zero-order valence-electron chi connectivity index (χ0n) is 9.15. The van der Waals surface area contributed by atoms with Crippen LogP contribution in [0.4, 0.5) is 0 Å². The number of imidazole rings is 1. The third-order valence-electron chi connectivity index (χ3n) is 3.04. The van der Waals surface area contributed by atoms with Crippen LogP contribution in [0.25, 0.3) is 0 Å². The summed E-state index contributed by atoms with van der Waals surface area (Å²) in [5.74, 6) is 1.02. The Bertz CT molecular complexity index is 316. The van der Waals surface area contributed by atoms with E-state index < -0.39 is 5.60 Å². The minimum atomic E-state index is -0.635. The minimum absolute atomic E-state index is 0.470. The predicted octanol–water partition coefficient (Wildman–Crippen LogP) is 0.894. The molecule has 1 unspecified atom stereocenters. The van der Waals surface area contributed by atoms with Gasteiger partial charge in [0.05, 0.1) is 12.2 Å². The van der Waals surface area contributed by atoms with Crippen molar-refractivity contribution in [2.24, 2.45) is 7.05 Å². The van der Waals surface area contributed by atoms with Gasteiger partial charge in [-0.3, -0.25) is 0 Å². The van der Waals surface area contributed by atoms with Gasteiger partial charge in [-0.15, -0.1) is 0 Å². The normalized spacial score (nSPS) is 26.8. The number of aryl methyl sites for hydroxylation is 2. The van der Waals surface area contributed by atoms with Crippen molar-refractivity contribution in [3.63, 3.8) is 0 Å². The van der Waals surface area contributed by atoms with Gasteiger partial charge >= 0.3 is 0 Å². The van der Waals surface area contributed by atoms with Crippen LogP contribution in [-0.4, -0.2) is 33.5 Å². The Morgan fingerprint density at radius 3 is 3.13 bits per heavy atom. The first-order valence-electron chi connectivity index (χ1n) is 5.46. The Kier molecular flexibility index (Phi) is 3.07. The van der Waals surface area contributed by atoms with Crippen molar-refractivity contribution in [1.82, 2.24) is 9.55 Å². The zero-order chi connectivity index (χ0) is 10.7. The molecule has 1 N–H and O–H groups in total. The van der Waals surface area contributed by atoms with E-state index in [9.17, 15) is 5.11 Å². The maximum absolute atomic E-state index is 10.2. The van der Waals surface area contributed by atoms with E-state index >= 15 is 0 Å². The molecule has 0 amide bonds. The summed E-state index contributed by atoms with van der Waals surface area (Å²) in [5, 5.41) is 10.2. The van der Waals surface area contributed by atoms with E-state index in [0.717, 1.165) is 38.1 Å². The van der Waals surface area contributed by atoms with Gasteiger partial charge < -0.3 is 14.4 Å². The fourth-order valence-electron chi connectivity index (χ4n) is 2.02. The summed E-state index contributed by atoms with van der Waals surface area (Å²) in [5.41, 5.74) is -0.635. The molecule has 1 aromatic heterocycles. The second-order valence-electron chi connectivity index (χ2n) is 4.33. The standard InChI is InChI=1S/C11H18N2O2/c1-13-7-6-12-10(13)3-5-11(14)4-2-8-15-9-11/h6-7,14H,2-5,8-9H2,1H3. The topological polar surface area (TPSA) is 47.3 Å². The molecule has 0 spiro atoms. The quantitative estimate of drug-likeness (QED) is 0.806.